The lowest BCUT2D eigenvalue weighted by atomic mass is 10.0. The van der Waals surface area contributed by atoms with Crippen LogP contribution in [0.25, 0.3) is 10.9 Å². The summed E-state index contributed by atoms with van der Waals surface area (Å²) in [5, 5.41) is 12.1. The number of hydrogen-bond donors (Lipinski definition) is 3. The van der Waals surface area contributed by atoms with Crippen LogP contribution in [0.2, 0.25) is 0 Å². The number of H-pyrrole nitrogens is 1. The van der Waals surface area contributed by atoms with Gasteiger partial charge >= 0.3 is 5.97 Å². The molecule has 1 heterocycles. The second-order valence-electron chi connectivity index (χ2n) is 5.78. The molecule has 0 spiro atoms. The molecular weight excluding hydrogens is 339 g/mol. The molecule has 7 heteroatoms. The summed E-state index contributed by atoms with van der Waals surface area (Å²) in [5.41, 5.74) is 1.32. The predicted molar refractivity (Wildman–Crippen MR) is 93.3 cm³/mol. The van der Waals surface area contributed by atoms with Gasteiger partial charge in [0.2, 0.25) is 0 Å². The third-order valence-corrected chi connectivity index (χ3v) is 4.07. The van der Waals surface area contributed by atoms with Crippen LogP contribution in [0.15, 0.2) is 48.7 Å². The maximum Gasteiger partial charge on any atom is 0.328 e. The van der Waals surface area contributed by atoms with Gasteiger partial charge in [-0.2, -0.15) is 0 Å². The minimum Gasteiger partial charge on any atom is -0.508 e. The van der Waals surface area contributed by atoms with Gasteiger partial charge in [-0.3, -0.25) is 4.79 Å². The number of methoxy groups -OCH3 is 1. The van der Waals surface area contributed by atoms with E-state index in [9.17, 15) is 19.1 Å². The Hall–Kier alpha value is -3.35. The van der Waals surface area contributed by atoms with Gasteiger partial charge < -0.3 is 20.1 Å². The molecule has 0 saturated carbocycles. The van der Waals surface area contributed by atoms with E-state index in [0.29, 0.717) is 5.52 Å². The summed E-state index contributed by atoms with van der Waals surface area (Å²) in [6.07, 6.45) is 1.57. The van der Waals surface area contributed by atoms with Crippen molar-refractivity contribution in [3.05, 3.63) is 65.6 Å². The quantitative estimate of drug-likeness (QED) is 0.613. The number of hydrogen-bond acceptors (Lipinski definition) is 4. The number of aromatic amines is 1. The Morgan fingerprint density at radius 3 is 2.65 bits per heavy atom. The second kappa shape index (κ2) is 7.26. The zero-order valence-electron chi connectivity index (χ0n) is 14.0. The molecule has 0 aliphatic heterocycles. The molecule has 0 aliphatic rings. The summed E-state index contributed by atoms with van der Waals surface area (Å²) in [7, 11) is 1.23. The van der Waals surface area contributed by atoms with Crippen LogP contribution < -0.4 is 5.32 Å². The number of nitrogens with one attached hydrogen (secondary N) is 2. The summed E-state index contributed by atoms with van der Waals surface area (Å²) in [5.74, 6) is -1.63. The molecule has 6 nitrogen and oxygen atoms in total. The number of amides is 1. The van der Waals surface area contributed by atoms with Crippen molar-refractivity contribution in [1.29, 1.82) is 0 Å². The lowest BCUT2D eigenvalue weighted by Gasteiger charge is -2.16. The number of carbonyl (C=O) groups is 2. The molecular formula is C19H17FN2O4. The van der Waals surface area contributed by atoms with Crippen molar-refractivity contribution >= 4 is 22.8 Å². The summed E-state index contributed by atoms with van der Waals surface area (Å²) in [6, 6.07) is 9.77. The van der Waals surface area contributed by atoms with Gasteiger partial charge in [-0.1, -0.05) is 18.2 Å². The first kappa shape index (κ1) is 17.5. The van der Waals surface area contributed by atoms with E-state index < -0.39 is 23.7 Å². The summed E-state index contributed by atoms with van der Waals surface area (Å²) in [4.78, 5) is 27.5. The van der Waals surface area contributed by atoms with Gasteiger partial charge in [0.15, 0.2) is 0 Å². The van der Waals surface area contributed by atoms with Crippen LogP contribution in [-0.2, 0) is 16.0 Å². The van der Waals surface area contributed by atoms with Crippen molar-refractivity contribution in [2.75, 3.05) is 7.11 Å². The van der Waals surface area contributed by atoms with Crippen LogP contribution >= 0.6 is 0 Å². The third kappa shape index (κ3) is 3.51. The number of phenolic OH excluding ortho intramolecular Hbond substituents is 1. The van der Waals surface area contributed by atoms with Crippen LogP contribution in [0.3, 0.4) is 0 Å². The van der Waals surface area contributed by atoms with E-state index in [1.54, 1.807) is 18.2 Å². The molecule has 0 unspecified atom stereocenters. The zero-order chi connectivity index (χ0) is 18.7. The van der Waals surface area contributed by atoms with Crippen molar-refractivity contribution in [1.82, 2.24) is 10.3 Å². The van der Waals surface area contributed by atoms with Gasteiger partial charge in [-0.25, -0.2) is 9.18 Å². The van der Waals surface area contributed by atoms with Gasteiger partial charge in [-0.15, -0.1) is 0 Å². The van der Waals surface area contributed by atoms with Gasteiger partial charge in [0.05, 0.1) is 12.7 Å². The molecule has 26 heavy (non-hydrogen) atoms. The van der Waals surface area contributed by atoms with E-state index in [1.807, 2.05) is 0 Å². The van der Waals surface area contributed by atoms with Crippen molar-refractivity contribution in [2.45, 2.75) is 12.5 Å². The number of benzene rings is 2. The van der Waals surface area contributed by atoms with E-state index in [4.69, 9.17) is 4.74 Å². The first-order valence-electron chi connectivity index (χ1n) is 7.92. The van der Waals surface area contributed by atoms with Crippen molar-refractivity contribution in [2.24, 2.45) is 0 Å². The SMILES string of the molecule is COC(=O)[C@@H](Cc1ccc(O)cc1)NC(=O)c1c[nH]c2cccc(F)c12. The predicted octanol–water partition coefficient (Wildman–Crippen LogP) is 2.53. The molecule has 1 amide bonds. The monoisotopic (exact) mass is 356 g/mol. The van der Waals surface area contributed by atoms with Gasteiger partial charge in [0.25, 0.3) is 5.91 Å². The number of phenols is 1. The Morgan fingerprint density at radius 2 is 1.96 bits per heavy atom. The van der Waals surface area contributed by atoms with Crippen LogP contribution in [0.5, 0.6) is 5.75 Å². The maximum atomic E-state index is 14.1. The standard InChI is InChI=1S/C19H17FN2O4/c1-26-19(25)16(9-11-5-7-12(23)8-6-11)22-18(24)13-10-21-15-4-2-3-14(20)17(13)15/h2-8,10,16,21,23H,9H2,1H3,(H,22,24)/t16-/m1/s1. The van der Waals surface area contributed by atoms with Crippen LogP contribution in [0.4, 0.5) is 4.39 Å². The average molecular weight is 356 g/mol. The van der Waals surface area contributed by atoms with E-state index >= 15 is 0 Å². The number of halogens is 1. The van der Waals surface area contributed by atoms with Gasteiger partial charge in [0.1, 0.15) is 17.6 Å². The molecule has 0 radical (unpaired) electrons. The number of fused-ring (bicyclic) bond motifs is 1. The first-order valence-corrected chi connectivity index (χ1v) is 7.92. The lowest BCUT2D eigenvalue weighted by Crippen LogP contribution is -2.43. The van der Waals surface area contributed by atoms with Crippen LogP contribution in [-0.4, -0.2) is 35.1 Å². The summed E-state index contributed by atoms with van der Waals surface area (Å²) >= 11 is 0. The molecule has 3 N–H and O–H groups in total. The van der Waals surface area contributed by atoms with E-state index in [0.717, 1.165) is 5.56 Å². The zero-order valence-corrected chi connectivity index (χ0v) is 14.0. The molecule has 3 rings (SSSR count). The highest BCUT2D eigenvalue weighted by molar-refractivity contribution is 6.07. The Kier molecular flexibility index (Phi) is 4.88. The fourth-order valence-corrected chi connectivity index (χ4v) is 2.76. The molecule has 0 bridgehead atoms. The Balaban J connectivity index is 1.85. The second-order valence-corrected chi connectivity index (χ2v) is 5.78. The largest absolute Gasteiger partial charge is 0.508 e. The highest BCUT2D eigenvalue weighted by atomic mass is 19.1. The third-order valence-electron chi connectivity index (χ3n) is 4.07. The molecule has 1 atom stereocenters. The smallest absolute Gasteiger partial charge is 0.328 e. The molecule has 1 aromatic heterocycles. The lowest BCUT2D eigenvalue weighted by molar-refractivity contribution is -0.142. The molecule has 3 aromatic rings. The molecule has 0 fully saturated rings. The van der Waals surface area contributed by atoms with Gasteiger partial charge in [-0.05, 0) is 29.8 Å². The van der Waals surface area contributed by atoms with Gasteiger partial charge in [0, 0.05) is 23.5 Å². The number of carbonyl (C=O) groups excluding carboxylic acids is 2. The summed E-state index contributed by atoms with van der Waals surface area (Å²) in [6.45, 7) is 0. The van der Waals surface area contributed by atoms with Crippen molar-refractivity contribution in [3.8, 4) is 5.75 Å². The number of aromatic nitrogens is 1. The highest BCUT2D eigenvalue weighted by Gasteiger charge is 2.24. The van der Waals surface area contributed by atoms with E-state index in [2.05, 4.69) is 10.3 Å². The number of esters is 1. The minimum atomic E-state index is -0.950. The molecule has 134 valence electrons. The van der Waals surface area contributed by atoms with Crippen LogP contribution in [0.1, 0.15) is 15.9 Å². The minimum absolute atomic E-state index is 0.0988. The summed E-state index contributed by atoms with van der Waals surface area (Å²) < 4.78 is 18.8. The average Bonchev–Trinajstić information content (AvgIpc) is 3.08. The molecule has 0 saturated heterocycles. The Morgan fingerprint density at radius 1 is 1.23 bits per heavy atom. The maximum absolute atomic E-state index is 14.1. The molecule has 2 aromatic carbocycles. The topological polar surface area (TPSA) is 91.4 Å². The first-order chi connectivity index (χ1) is 12.5. The highest BCUT2D eigenvalue weighted by Crippen LogP contribution is 2.21. The fourth-order valence-electron chi connectivity index (χ4n) is 2.76. The number of aromatic hydroxyl groups is 1. The van der Waals surface area contributed by atoms with Crippen molar-refractivity contribution < 1.29 is 23.8 Å². The Labute approximate surface area is 148 Å². The number of ether oxygens (including phenoxy) is 1. The normalized spacial score (nSPS) is 11.9. The molecule has 0 aliphatic carbocycles. The van der Waals surface area contributed by atoms with E-state index in [-0.39, 0.29) is 23.1 Å². The number of rotatable bonds is 5. The Bertz CT molecular complexity index is 950. The fraction of sp³-hybridized carbons (Fsp3) is 0.158. The van der Waals surface area contributed by atoms with E-state index in [1.165, 1.54) is 37.6 Å². The van der Waals surface area contributed by atoms with Crippen molar-refractivity contribution in [3.63, 3.8) is 0 Å². The van der Waals surface area contributed by atoms with Crippen LogP contribution in [0, 0.1) is 5.82 Å².